The van der Waals surface area contributed by atoms with Gasteiger partial charge >= 0.3 is 0 Å². The summed E-state index contributed by atoms with van der Waals surface area (Å²) in [6.45, 7) is 10.2. The molecule has 2 atom stereocenters. The Morgan fingerprint density at radius 3 is 2.27 bits per heavy atom. The number of hydrogen-bond donors (Lipinski definition) is 2. The molecule has 0 spiro atoms. The summed E-state index contributed by atoms with van der Waals surface area (Å²) in [7, 11) is 0. The van der Waals surface area contributed by atoms with Gasteiger partial charge in [-0.1, -0.05) is 32.0 Å². The molecule has 0 aliphatic carbocycles. The molecule has 0 unspecified atom stereocenters. The lowest BCUT2D eigenvalue weighted by atomic mass is 9.89. The highest BCUT2D eigenvalue weighted by Crippen LogP contribution is 2.15. The molecule has 2 N–H and O–H groups in total. The first-order valence-corrected chi connectivity index (χ1v) is 9.20. The van der Waals surface area contributed by atoms with Crippen molar-refractivity contribution in [2.24, 2.45) is 5.92 Å². The van der Waals surface area contributed by atoms with Crippen molar-refractivity contribution in [3.05, 3.63) is 35.9 Å². The zero-order valence-electron chi connectivity index (χ0n) is 16.1. The van der Waals surface area contributed by atoms with E-state index in [2.05, 4.69) is 11.4 Å². The number of nitrogens with zero attached hydrogens (tertiary/aromatic N) is 2. The second-order valence-corrected chi connectivity index (χ2v) is 7.50. The average Bonchev–Trinajstić information content (AvgIpc) is 2.67. The number of piperazine rings is 1. The molecule has 1 aliphatic heterocycles. The molecule has 1 aliphatic rings. The van der Waals surface area contributed by atoms with Crippen molar-refractivity contribution in [3.8, 4) is 6.07 Å². The summed E-state index contributed by atoms with van der Waals surface area (Å²) in [5, 5.41) is 12.3. The Balaban J connectivity index is 1.92. The van der Waals surface area contributed by atoms with E-state index in [1.807, 2.05) is 56.0 Å². The highest BCUT2D eigenvalue weighted by atomic mass is 16.2. The second-order valence-electron chi connectivity index (χ2n) is 7.50. The smallest absolute Gasteiger partial charge is 0.279 e. The lowest BCUT2D eigenvalue weighted by Crippen LogP contribution is -3.19. The molecule has 1 saturated heterocycles. The second kappa shape index (κ2) is 8.33. The predicted molar refractivity (Wildman–Crippen MR) is 99.5 cm³/mol. The molecule has 140 valence electrons. The number of benzene rings is 1. The van der Waals surface area contributed by atoms with Gasteiger partial charge in [-0.2, -0.15) is 5.26 Å². The fraction of sp³-hybridized carbons (Fsp3) is 0.550. The van der Waals surface area contributed by atoms with Gasteiger partial charge in [0.1, 0.15) is 5.54 Å². The number of amides is 2. The molecule has 2 amide bonds. The predicted octanol–water partition coefficient (Wildman–Crippen LogP) is 0.470. The summed E-state index contributed by atoms with van der Waals surface area (Å²) in [6, 6.07) is 11.2. The van der Waals surface area contributed by atoms with Crippen molar-refractivity contribution in [1.82, 2.24) is 10.2 Å². The van der Waals surface area contributed by atoms with Gasteiger partial charge in [0.25, 0.3) is 11.8 Å². The third-order valence-electron chi connectivity index (χ3n) is 5.49. The van der Waals surface area contributed by atoms with Gasteiger partial charge in [0.05, 0.1) is 32.2 Å². The first kappa shape index (κ1) is 19.9. The van der Waals surface area contributed by atoms with Crippen molar-refractivity contribution in [2.45, 2.75) is 39.3 Å². The summed E-state index contributed by atoms with van der Waals surface area (Å²) < 4.78 is 0. The number of rotatable bonds is 5. The molecule has 2 rings (SSSR count). The summed E-state index contributed by atoms with van der Waals surface area (Å²) in [4.78, 5) is 28.1. The minimum absolute atomic E-state index is 0.0268. The van der Waals surface area contributed by atoms with Gasteiger partial charge in [-0.15, -0.1) is 0 Å². The maximum atomic E-state index is 12.6. The molecule has 1 fully saturated rings. The fourth-order valence-corrected chi connectivity index (χ4v) is 3.04. The molecule has 0 aromatic heterocycles. The zero-order chi connectivity index (χ0) is 19.3. The maximum absolute atomic E-state index is 12.6. The van der Waals surface area contributed by atoms with Crippen molar-refractivity contribution in [3.63, 3.8) is 0 Å². The first-order valence-electron chi connectivity index (χ1n) is 9.20. The summed E-state index contributed by atoms with van der Waals surface area (Å²) in [5.74, 6) is -0.0433. The van der Waals surface area contributed by atoms with Crippen LogP contribution in [0.25, 0.3) is 0 Å². The Morgan fingerprint density at radius 2 is 1.77 bits per heavy atom. The monoisotopic (exact) mass is 357 g/mol. The van der Waals surface area contributed by atoms with Crippen molar-refractivity contribution in [2.75, 3.05) is 26.2 Å². The molecular formula is C20H29N4O2+. The molecule has 1 heterocycles. The Labute approximate surface area is 155 Å². The van der Waals surface area contributed by atoms with E-state index in [9.17, 15) is 14.9 Å². The zero-order valence-corrected chi connectivity index (χ0v) is 16.1. The minimum atomic E-state index is -0.865. The third-order valence-corrected chi connectivity index (χ3v) is 5.49. The normalized spacial score (nSPS) is 18.7. The molecule has 26 heavy (non-hydrogen) atoms. The van der Waals surface area contributed by atoms with Crippen LogP contribution < -0.4 is 10.2 Å². The van der Waals surface area contributed by atoms with E-state index in [0.29, 0.717) is 18.7 Å². The van der Waals surface area contributed by atoms with Gasteiger partial charge in [0.15, 0.2) is 6.04 Å². The lowest BCUT2D eigenvalue weighted by molar-refractivity contribution is -0.917. The van der Waals surface area contributed by atoms with Crippen LogP contribution in [-0.4, -0.2) is 54.5 Å². The summed E-state index contributed by atoms with van der Waals surface area (Å²) in [5.41, 5.74) is -0.168. The van der Waals surface area contributed by atoms with Crippen LogP contribution in [0.2, 0.25) is 0 Å². The first-order chi connectivity index (χ1) is 12.3. The SMILES string of the molecule is CC(C)[C@](C)(C#N)NC(=O)[C@@H](C)[NH+]1CCN(C(=O)c2ccccc2)CC1. The number of carbonyl (C=O) groups excluding carboxylic acids is 2. The van der Waals surface area contributed by atoms with E-state index in [4.69, 9.17) is 0 Å². The van der Waals surface area contributed by atoms with Crippen LogP contribution in [0.3, 0.4) is 0 Å². The van der Waals surface area contributed by atoms with Gasteiger partial charge < -0.3 is 15.1 Å². The maximum Gasteiger partial charge on any atom is 0.279 e. The van der Waals surface area contributed by atoms with Crippen molar-refractivity contribution < 1.29 is 14.5 Å². The topological polar surface area (TPSA) is 77.6 Å². The van der Waals surface area contributed by atoms with Crippen LogP contribution in [0.1, 0.15) is 38.1 Å². The molecule has 6 nitrogen and oxygen atoms in total. The van der Waals surface area contributed by atoms with Crippen LogP contribution in [0.5, 0.6) is 0 Å². The molecule has 1 aromatic carbocycles. The number of hydrogen-bond acceptors (Lipinski definition) is 3. The minimum Gasteiger partial charge on any atom is -0.333 e. The van der Waals surface area contributed by atoms with E-state index >= 15 is 0 Å². The van der Waals surface area contributed by atoms with E-state index < -0.39 is 5.54 Å². The summed E-state index contributed by atoms with van der Waals surface area (Å²) in [6.07, 6.45) is 0. The van der Waals surface area contributed by atoms with E-state index in [0.717, 1.165) is 18.0 Å². The molecular weight excluding hydrogens is 328 g/mol. The molecule has 1 aromatic rings. The molecule has 0 radical (unpaired) electrons. The Bertz CT molecular complexity index is 675. The average molecular weight is 357 g/mol. The van der Waals surface area contributed by atoms with E-state index in [-0.39, 0.29) is 23.8 Å². The van der Waals surface area contributed by atoms with E-state index in [1.165, 1.54) is 0 Å². The largest absolute Gasteiger partial charge is 0.333 e. The van der Waals surface area contributed by atoms with Gasteiger partial charge in [-0.25, -0.2) is 0 Å². The Morgan fingerprint density at radius 1 is 1.19 bits per heavy atom. The number of nitriles is 1. The van der Waals surface area contributed by atoms with Crippen molar-refractivity contribution in [1.29, 1.82) is 5.26 Å². The number of nitrogens with one attached hydrogen (secondary N) is 2. The highest BCUT2D eigenvalue weighted by Gasteiger charge is 2.36. The van der Waals surface area contributed by atoms with Crippen molar-refractivity contribution >= 4 is 11.8 Å². The molecule has 0 bridgehead atoms. The van der Waals surface area contributed by atoms with Gasteiger partial charge in [-0.05, 0) is 31.9 Å². The number of carbonyl (C=O) groups is 2. The van der Waals surface area contributed by atoms with Gasteiger partial charge in [0.2, 0.25) is 0 Å². The summed E-state index contributed by atoms with van der Waals surface area (Å²) >= 11 is 0. The quantitative estimate of drug-likeness (QED) is 0.804. The Kier molecular flexibility index (Phi) is 6.38. The van der Waals surface area contributed by atoms with Gasteiger partial charge in [-0.3, -0.25) is 9.59 Å². The van der Waals surface area contributed by atoms with Crippen LogP contribution in [0, 0.1) is 17.2 Å². The highest BCUT2D eigenvalue weighted by molar-refractivity contribution is 5.94. The van der Waals surface area contributed by atoms with Crippen LogP contribution in [0.4, 0.5) is 0 Å². The van der Waals surface area contributed by atoms with Crippen LogP contribution in [0.15, 0.2) is 30.3 Å². The standard InChI is InChI=1S/C20H28N4O2/c1-15(2)20(4,14-21)22-18(25)16(3)23-10-12-24(13-11-23)19(26)17-8-6-5-7-9-17/h5-9,15-16H,10-13H2,1-4H3,(H,22,25)/p+1/t16-,20+/m1/s1. The lowest BCUT2D eigenvalue weighted by Gasteiger charge is -2.36. The molecule has 6 heteroatoms. The van der Waals surface area contributed by atoms with Crippen LogP contribution >= 0.6 is 0 Å². The van der Waals surface area contributed by atoms with Gasteiger partial charge in [0, 0.05) is 5.56 Å². The Hall–Kier alpha value is -2.39. The van der Waals surface area contributed by atoms with E-state index in [1.54, 1.807) is 6.92 Å². The molecule has 0 saturated carbocycles. The number of quaternary nitrogens is 1. The van der Waals surface area contributed by atoms with Crippen LogP contribution in [-0.2, 0) is 4.79 Å². The fourth-order valence-electron chi connectivity index (χ4n) is 3.04. The third kappa shape index (κ3) is 4.41.